The van der Waals surface area contributed by atoms with Gasteiger partial charge in [-0.2, -0.15) is 10.1 Å². The SMILES string of the molecule is CC1=NN(c2nc(-c3cccc([N+](=O)[O-])c3)cs2)C(=O)/C1=C\c1ccc(N(C)C)cc1. The van der Waals surface area contributed by atoms with Crippen LogP contribution in [-0.4, -0.2) is 35.6 Å². The van der Waals surface area contributed by atoms with Gasteiger partial charge in [0.2, 0.25) is 5.13 Å². The minimum absolute atomic E-state index is 0.0105. The zero-order valence-corrected chi connectivity index (χ0v) is 18.0. The van der Waals surface area contributed by atoms with Crippen molar-refractivity contribution in [3.63, 3.8) is 0 Å². The molecule has 2 heterocycles. The molecular weight excluding hydrogens is 414 g/mol. The molecule has 1 aliphatic heterocycles. The van der Waals surface area contributed by atoms with Gasteiger partial charge in [-0.3, -0.25) is 14.9 Å². The fraction of sp³-hybridized carbons (Fsp3) is 0.136. The van der Waals surface area contributed by atoms with Crippen molar-refractivity contribution >= 4 is 45.5 Å². The molecule has 9 heteroatoms. The maximum absolute atomic E-state index is 13.0. The summed E-state index contributed by atoms with van der Waals surface area (Å²) in [5.74, 6) is -0.255. The number of rotatable bonds is 5. The number of carbonyl (C=O) groups is 1. The highest BCUT2D eigenvalue weighted by atomic mass is 32.1. The van der Waals surface area contributed by atoms with Gasteiger partial charge >= 0.3 is 0 Å². The van der Waals surface area contributed by atoms with Crippen LogP contribution in [0.15, 0.2) is 64.6 Å². The Balaban J connectivity index is 1.59. The molecule has 0 unspecified atom stereocenters. The Hall–Kier alpha value is -3.85. The molecule has 0 saturated heterocycles. The predicted molar refractivity (Wildman–Crippen MR) is 124 cm³/mol. The Morgan fingerprint density at radius 1 is 1.16 bits per heavy atom. The van der Waals surface area contributed by atoms with Gasteiger partial charge in [-0.25, -0.2) is 4.98 Å². The van der Waals surface area contributed by atoms with E-state index in [9.17, 15) is 14.9 Å². The highest BCUT2D eigenvalue weighted by Crippen LogP contribution is 2.32. The van der Waals surface area contributed by atoms with E-state index >= 15 is 0 Å². The van der Waals surface area contributed by atoms with E-state index in [1.54, 1.807) is 24.4 Å². The summed E-state index contributed by atoms with van der Waals surface area (Å²) in [6.45, 7) is 1.78. The molecule has 31 heavy (non-hydrogen) atoms. The number of nitro benzene ring substituents is 1. The maximum Gasteiger partial charge on any atom is 0.282 e. The Bertz CT molecular complexity index is 1230. The third-order valence-corrected chi connectivity index (χ3v) is 5.63. The lowest BCUT2D eigenvalue weighted by Crippen LogP contribution is -2.21. The van der Waals surface area contributed by atoms with Gasteiger partial charge in [-0.05, 0) is 30.7 Å². The lowest BCUT2D eigenvalue weighted by Gasteiger charge is -2.12. The van der Waals surface area contributed by atoms with Crippen molar-refractivity contribution in [3.8, 4) is 11.3 Å². The molecule has 0 radical (unpaired) electrons. The van der Waals surface area contributed by atoms with Crippen LogP contribution in [0.25, 0.3) is 17.3 Å². The van der Waals surface area contributed by atoms with Gasteiger partial charge in [0.1, 0.15) is 0 Å². The minimum Gasteiger partial charge on any atom is -0.378 e. The summed E-state index contributed by atoms with van der Waals surface area (Å²) in [6.07, 6.45) is 1.82. The number of hydrogen-bond donors (Lipinski definition) is 0. The van der Waals surface area contributed by atoms with Crippen LogP contribution in [0, 0.1) is 10.1 Å². The van der Waals surface area contributed by atoms with Crippen LogP contribution in [0.4, 0.5) is 16.5 Å². The van der Waals surface area contributed by atoms with Crippen LogP contribution in [0.3, 0.4) is 0 Å². The van der Waals surface area contributed by atoms with E-state index in [1.165, 1.54) is 28.5 Å². The van der Waals surface area contributed by atoms with Gasteiger partial charge in [0.05, 0.1) is 21.9 Å². The Morgan fingerprint density at radius 3 is 2.58 bits per heavy atom. The van der Waals surface area contributed by atoms with E-state index in [1.807, 2.05) is 49.3 Å². The monoisotopic (exact) mass is 433 g/mol. The van der Waals surface area contributed by atoms with Crippen LogP contribution in [0.5, 0.6) is 0 Å². The van der Waals surface area contributed by atoms with Crippen LogP contribution in [-0.2, 0) is 4.79 Å². The molecule has 0 saturated carbocycles. The van der Waals surface area contributed by atoms with E-state index < -0.39 is 4.92 Å². The second-order valence-corrected chi connectivity index (χ2v) is 8.01. The third kappa shape index (κ3) is 4.08. The van der Waals surface area contributed by atoms with E-state index in [4.69, 9.17) is 0 Å². The molecule has 8 nitrogen and oxygen atoms in total. The zero-order valence-electron chi connectivity index (χ0n) is 17.1. The molecule has 1 amide bonds. The molecule has 0 aliphatic carbocycles. The minimum atomic E-state index is -0.448. The van der Waals surface area contributed by atoms with Crippen LogP contribution in [0.1, 0.15) is 12.5 Å². The van der Waals surface area contributed by atoms with E-state index in [0.717, 1.165) is 11.3 Å². The zero-order chi connectivity index (χ0) is 22.1. The largest absolute Gasteiger partial charge is 0.378 e. The first kappa shape index (κ1) is 20.4. The van der Waals surface area contributed by atoms with Gasteiger partial charge in [-0.15, -0.1) is 11.3 Å². The molecule has 0 spiro atoms. The summed E-state index contributed by atoms with van der Waals surface area (Å²) in [5.41, 5.74) is 4.24. The maximum atomic E-state index is 13.0. The summed E-state index contributed by atoms with van der Waals surface area (Å²) in [5, 5.41) is 18.9. The molecular formula is C22H19N5O3S. The van der Waals surface area contributed by atoms with Crippen molar-refractivity contribution in [1.29, 1.82) is 0 Å². The van der Waals surface area contributed by atoms with Crippen molar-refractivity contribution in [2.45, 2.75) is 6.92 Å². The molecule has 3 aromatic rings. The number of anilines is 2. The van der Waals surface area contributed by atoms with E-state index in [2.05, 4.69) is 10.1 Å². The highest BCUT2D eigenvalue weighted by molar-refractivity contribution is 7.14. The number of benzene rings is 2. The second-order valence-electron chi connectivity index (χ2n) is 7.17. The van der Waals surface area contributed by atoms with Crippen molar-refractivity contribution in [2.24, 2.45) is 5.10 Å². The predicted octanol–water partition coefficient (Wildman–Crippen LogP) is 4.59. The normalized spacial score (nSPS) is 14.8. The molecule has 1 aromatic heterocycles. The number of nitro groups is 1. The number of amides is 1. The number of hydrogen-bond acceptors (Lipinski definition) is 7. The Labute approximate surface area is 182 Å². The van der Waals surface area contributed by atoms with Gasteiger partial charge in [0.15, 0.2) is 0 Å². The number of thiazole rings is 1. The topological polar surface area (TPSA) is 91.9 Å². The first-order valence-corrected chi connectivity index (χ1v) is 10.3. The Morgan fingerprint density at radius 2 is 1.90 bits per heavy atom. The van der Waals surface area contributed by atoms with Gasteiger partial charge < -0.3 is 4.90 Å². The molecule has 1 aliphatic rings. The summed E-state index contributed by atoms with van der Waals surface area (Å²) in [6, 6.07) is 14.1. The van der Waals surface area contributed by atoms with Crippen LogP contribution >= 0.6 is 11.3 Å². The quantitative estimate of drug-likeness (QED) is 0.333. The smallest absolute Gasteiger partial charge is 0.282 e. The molecule has 0 bridgehead atoms. The standard InChI is InChI=1S/C22H19N5O3S/c1-14-19(11-15-7-9-17(10-8-15)25(2)3)21(28)26(24-14)22-23-20(13-31-22)16-5-4-6-18(12-16)27(29)30/h4-13H,1-3H3/b19-11-. The van der Waals surface area contributed by atoms with Crippen molar-refractivity contribution < 1.29 is 9.72 Å². The molecule has 0 N–H and O–H groups in total. The molecule has 0 atom stereocenters. The lowest BCUT2D eigenvalue weighted by molar-refractivity contribution is -0.384. The number of hydrazone groups is 1. The molecule has 2 aromatic carbocycles. The van der Waals surface area contributed by atoms with Crippen LogP contribution in [0.2, 0.25) is 0 Å². The van der Waals surface area contributed by atoms with Crippen molar-refractivity contribution in [3.05, 3.63) is 75.2 Å². The fourth-order valence-corrected chi connectivity index (χ4v) is 3.90. The van der Waals surface area contributed by atoms with Gasteiger partial charge in [0.25, 0.3) is 11.6 Å². The van der Waals surface area contributed by atoms with Gasteiger partial charge in [0, 0.05) is 42.9 Å². The summed E-state index contributed by atoms with van der Waals surface area (Å²) >= 11 is 1.26. The average Bonchev–Trinajstić information content (AvgIpc) is 3.35. The number of carbonyl (C=O) groups excluding carboxylic acids is 1. The fourth-order valence-electron chi connectivity index (χ4n) is 3.12. The summed E-state index contributed by atoms with van der Waals surface area (Å²) in [7, 11) is 3.94. The number of non-ortho nitro benzene ring substituents is 1. The number of aromatic nitrogens is 1. The Kier molecular flexibility index (Phi) is 5.35. The summed E-state index contributed by atoms with van der Waals surface area (Å²) < 4.78 is 0. The van der Waals surface area contributed by atoms with E-state index in [0.29, 0.717) is 27.7 Å². The second kappa shape index (κ2) is 8.11. The van der Waals surface area contributed by atoms with Crippen LogP contribution < -0.4 is 9.91 Å². The summed E-state index contributed by atoms with van der Waals surface area (Å²) in [4.78, 5) is 30.1. The molecule has 156 valence electrons. The first-order valence-electron chi connectivity index (χ1n) is 9.43. The van der Waals surface area contributed by atoms with Crippen molar-refractivity contribution in [2.75, 3.05) is 24.0 Å². The number of nitrogens with zero attached hydrogens (tertiary/aromatic N) is 5. The third-order valence-electron chi connectivity index (χ3n) is 4.81. The first-order chi connectivity index (χ1) is 14.8. The van der Waals surface area contributed by atoms with Gasteiger partial charge in [-0.1, -0.05) is 24.3 Å². The molecule has 4 rings (SSSR count). The lowest BCUT2D eigenvalue weighted by atomic mass is 10.1. The average molecular weight is 433 g/mol. The highest BCUT2D eigenvalue weighted by Gasteiger charge is 2.30. The van der Waals surface area contributed by atoms with Crippen molar-refractivity contribution in [1.82, 2.24) is 4.98 Å². The molecule has 0 fully saturated rings. The van der Waals surface area contributed by atoms with E-state index in [-0.39, 0.29) is 11.6 Å².